The zero-order valence-electron chi connectivity index (χ0n) is 10.4. The van der Waals surface area contributed by atoms with Gasteiger partial charge < -0.3 is 10.1 Å². The first-order chi connectivity index (χ1) is 8.69. The smallest absolute Gasteiger partial charge is 0.165 e. The van der Waals surface area contributed by atoms with Crippen LogP contribution in [0.4, 0.5) is 4.39 Å². The lowest BCUT2D eigenvalue weighted by Crippen LogP contribution is -2.05. The number of benzene rings is 1. The molecule has 0 fully saturated rings. The van der Waals surface area contributed by atoms with Gasteiger partial charge in [-0.15, -0.1) is 11.3 Å². The maximum atomic E-state index is 13.7. The van der Waals surface area contributed by atoms with Crippen LogP contribution in [-0.2, 0) is 13.2 Å². The Bertz CT molecular complexity index is 527. The van der Waals surface area contributed by atoms with Crippen LogP contribution >= 0.6 is 11.3 Å². The van der Waals surface area contributed by atoms with Crippen molar-refractivity contribution in [1.82, 2.24) is 10.3 Å². The molecule has 1 aromatic carbocycles. The van der Waals surface area contributed by atoms with Gasteiger partial charge in [-0.2, -0.15) is 0 Å². The second-order valence-electron chi connectivity index (χ2n) is 3.93. The van der Waals surface area contributed by atoms with E-state index in [1.54, 1.807) is 23.6 Å². The van der Waals surface area contributed by atoms with Crippen molar-refractivity contribution in [3.8, 4) is 5.75 Å². The van der Waals surface area contributed by atoms with Crippen LogP contribution in [0.3, 0.4) is 0 Å². The Balaban J connectivity index is 2.01. The third-order valence-corrected chi connectivity index (χ3v) is 3.30. The molecule has 0 unspecified atom stereocenters. The van der Waals surface area contributed by atoms with Crippen LogP contribution < -0.4 is 10.1 Å². The molecule has 0 bridgehead atoms. The Morgan fingerprint density at radius 2 is 2.28 bits per heavy atom. The summed E-state index contributed by atoms with van der Waals surface area (Å²) in [6.07, 6.45) is 1.76. The number of aryl methyl sites for hydroxylation is 1. The van der Waals surface area contributed by atoms with Crippen molar-refractivity contribution in [3.05, 3.63) is 45.7 Å². The number of ether oxygens (including phenoxy) is 1. The molecule has 0 aliphatic carbocycles. The fourth-order valence-electron chi connectivity index (χ4n) is 1.60. The predicted molar refractivity (Wildman–Crippen MR) is 70.3 cm³/mol. The normalized spacial score (nSPS) is 10.6. The maximum Gasteiger partial charge on any atom is 0.165 e. The number of nitrogens with zero attached hydrogens (tertiary/aromatic N) is 1. The molecular formula is C13H15FN2OS. The zero-order chi connectivity index (χ0) is 13.0. The Kier molecular flexibility index (Phi) is 4.28. The van der Waals surface area contributed by atoms with Gasteiger partial charge in [0.1, 0.15) is 6.61 Å². The fourth-order valence-corrected chi connectivity index (χ4v) is 2.30. The van der Waals surface area contributed by atoms with E-state index in [4.69, 9.17) is 4.74 Å². The summed E-state index contributed by atoms with van der Waals surface area (Å²) >= 11 is 1.56. The molecule has 5 heteroatoms. The second-order valence-corrected chi connectivity index (χ2v) is 5.25. The fraction of sp³-hybridized carbons (Fsp3) is 0.308. The molecule has 1 heterocycles. The molecule has 0 aliphatic heterocycles. The Hall–Kier alpha value is -1.46. The molecular weight excluding hydrogens is 251 g/mol. The average Bonchev–Trinajstić information content (AvgIpc) is 2.74. The largest absolute Gasteiger partial charge is 0.485 e. The summed E-state index contributed by atoms with van der Waals surface area (Å²) < 4.78 is 19.2. The second kappa shape index (κ2) is 5.93. The molecule has 0 atom stereocenters. The highest BCUT2D eigenvalue weighted by Crippen LogP contribution is 2.21. The minimum atomic E-state index is -0.330. The van der Waals surface area contributed by atoms with E-state index in [0.29, 0.717) is 13.2 Å². The molecule has 1 aromatic heterocycles. The van der Waals surface area contributed by atoms with E-state index in [2.05, 4.69) is 10.3 Å². The van der Waals surface area contributed by atoms with Crippen molar-refractivity contribution in [3.63, 3.8) is 0 Å². The van der Waals surface area contributed by atoms with Crippen LogP contribution in [0.1, 0.15) is 15.4 Å². The highest BCUT2D eigenvalue weighted by atomic mass is 32.1. The van der Waals surface area contributed by atoms with Crippen LogP contribution in [0.25, 0.3) is 0 Å². The van der Waals surface area contributed by atoms with E-state index in [1.165, 1.54) is 6.07 Å². The summed E-state index contributed by atoms with van der Waals surface area (Å²) in [6.45, 7) is 2.93. The van der Waals surface area contributed by atoms with Gasteiger partial charge in [-0.1, -0.05) is 6.07 Å². The first-order valence-corrected chi connectivity index (χ1v) is 6.48. The number of thiazole rings is 1. The minimum Gasteiger partial charge on any atom is -0.485 e. The van der Waals surface area contributed by atoms with Crippen LogP contribution in [0.2, 0.25) is 0 Å². The number of aromatic nitrogens is 1. The van der Waals surface area contributed by atoms with E-state index in [1.807, 2.05) is 20.0 Å². The Morgan fingerprint density at radius 1 is 1.44 bits per heavy atom. The van der Waals surface area contributed by atoms with Crippen LogP contribution in [0.5, 0.6) is 5.75 Å². The van der Waals surface area contributed by atoms with E-state index in [-0.39, 0.29) is 11.6 Å². The third kappa shape index (κ3) is 3.27. The first-order valence-electron chi connectivity index (χ1n) is 5.66. The van der Waals surface area contributed by atoms with Gasteiger partial charge in [-0.05, 0) is 31.7 Å². The minimum absolute atomic E-state index is 0.279. The monoisotopic (exact) mass is 266 g/mol. The van der Waals surface area contributed by atoms with Gasteiger partial charge in [0.2, 0.25) is 0 Å². The van der Waals surface area contributed by atoms with Gasteiger partial charge in [0.15, 0.2) is 11.6 Å². The van der Waals surface area contributed by atoms with Crippen LogP contribution in [-0.4, -0.2) is 12.0 Å². The molecule has 0 aliphatic rings. The van der Waals surface area contributed by atoms with Gasteiger partial charge in [-0.3, -0.25) is 0 Å². The number of rotatable bonds is 5. The van der Waals surface area contributed by atoms with Gasteiger partial charge in [0.25, 0.3) is 0 Å². The van der Waals surface area contributed by atoms with Gasteiger partial charge in [0.05, 0.1) is 9.88 Å². The number of hydrogen-bond acceptors (Lipinski definition) is 4. The molecule has 0 radical (unpaired) electrons. The molecule has 96 valence electrons. The van der Waals surface area contributed by atoms with Crippen molar-refractivity contribution < 1.29 is 9.13 Å². The van der Waals surface area contributed by atoms with E-state index < -0.39 is 0 Å². The van der Waals surface area contributed by atoms with Gasteiger partial charge in [-0.25, -0.2) is 9.37 Å². The summed E-state index contributed by atoms with van der Waals surface area (Å²) in [6, 6.07) is 5.01. The Morgan fingerprint density at radius 3 is 2.89 bits per heavy atom. The number of nitrogens with one attached hydrogen (secondary N) is 1. The molecule has 3 nitrogen and oxygen atoms in total. The van der Waals surface area contributed by atoms with Crippen LogP contribution in [0, 0.1) is 12.7 Å². The van der Waals surface area contributed by atoms with Crippen molar-refractivity contribution >= 4 is 11.3 Å². The molecule has 0 saturated carbocycles. The van der Waals surface area contributed by atoms with Crippen molar-refractivity contribution in [1.29, 1.82) is 0 Å². The SMILES string of the molecule is CNCc1ccc(OCc2cnc(C)s2)c(F)c1. The predicted octanol–water partition coefficient (Wildman–Crippen LogP) is 2.89. The topological polar surface area (TPSA) is 34.1 Å². The molecule has 0 spiro atoms. The molecule has 2 rings (SSSR count). The maximum absolute atomic E-state index is 13.7. The van der Waals surface area contributed by atoms with E-state index in [0.717, 1.165) is 15.4 Å². The molecule has 1 N–H and O–H groups in total. The molecule has 0 saturated heterocycles. The Labute approximate surface area is 110 Å². The van der Waals surface area contributed by atoms with Crippen LogP contribution in [0.15, 0.2) is 24.4 Å². The molecule has 2 aromatic rings. The zero-order valence-corrected chi connectivity index (χ0v) is 11.2. The molecule has 18 heavy (non-hydrogen) atoms. The lowest BCUT2D eigenvalue weighted by molar-refractivity contribution is 0.293. The summed E-state index contributed by atoms with van der Waals surface area (Å²) in [5.74, 6) is -0.0510. The number of halogens is 1. The third-order valence-electron chi connectivity index (χ3n) is 2.42. The van der Waals surface area contributed by atoms with E-state index in [9.17, 15) is 4.39 Å². The van der Waals surface area contributed by atoms with Crippen molar-refractivity contribution in [2.24, 2.45) is 0 Å². The standard InChI is InChI=1S/C13H15FN2OS/c1-9-16-7-11(18-9)8-17-13-4-3-10(6-15-2)5-12(13)14/h3-5,7,15H,6,8H2,1-2H3. The highest BCUT2D eigenvalue weighted by molar-refractivity contribution is 7.11. The van der Waals surface area contributed by atoms with Gasteiger partial charge in [0, 0.05) is 12.7 Å². The summed E-state index contributed by atoms with van der Waals surface area (Å²) in [5, 5.41) is 3.96. The molecule has 0 amide bonds. The highest BCUT2D eigenvalue weighted by Gasteiger charge is 2.06. The van der Waals surface area contributed by atoms with Crippen molar-refractivity contribution in [2.75, 3.05) is 7.05 Å². The average molecular weight is 266 g/mol. The lowest BCUT2D eigenvalue weighted by atomic mass is 10.2. The van der Waals surface area contributed by atoms with E-state index >= 15 is 0 Å². The summed E-state index contributed by atoms with van der Waals surface area (Å²) in [7, 11) is 1.83. The van der Waals surface area contributed by atoms with Crippen molar-refractivity contribution in [2.45, 2.75) is 20.1 Å². The quantitative estimate of drug-likeness (QED) is 0.903. The van der Waals surface area contributed by atoms with Gasteiger partial charge >= 0.3 is 0 Å². The first kappa shape index (κ1) is 13.0. The number of hydrogen-bond donors (Lipinski definition) is 1. The lowest BCUT2D eigenvalue weighted by Gasteiger charge is -2.07. The summed E-state index contributed by atoms with van der Waals surface area (Å²) in [4.78, 5) is 5.12. The summed E-state index contributed by atoms with van der Waals surface area (Å²) in [5.41, 5.74) is 0.899.